The van der Waals surface area contributed by atoms with Gasteiger partial charge in [0.1, 0.15) is 0 Å². The Bertz CT molecular complexity index is 254. The van der Waals surface area contributed by atoms with Crippen LogP contribution in [0.15, 0.2) is 30.3 Å². The molecule has 1 rings (SSSR count). The molecule has 1 atom stereocenters. The van der Waals surface area contributed by atoms with Crippen LogP contribution in [0.3, 0.4) is 0 Å². The summed E-state index contributed by atoms with van der Waals surface area (Å²) in [6.07, 6.45) is 1.08. The van der Waals surface area contributed by atoms with E-state index in [4.69, 9.17) is 4.74 Å². The quantitative estimate of drug-likeness (QED) is 0.735. The first kappa shape index (κ1) is 11.7. The highest BCUT2D eigenvalue weighted by molar-refractivity contribution is 9.09. The molecule has 0 saturated carbocycles. The van der Waals surface area contributed by atoms with Gasteiger partial charge >= 0.3 is 0 Å². The average molecular weight is 257 g/mol. The van der Waals surface area contributed by atoms with Crippen molar-refractivity contribution in [1.29, 1.82) is 0 Å². The minimum atomic E-state index is 0.121. The lowest BCUT2D eigenvalue weighted by Crippen LogP contribution is -2.32. The maximum atomic E-state index is 5.31. The minimum absolute atomic E-state index is 0.121. The molecule has 0 N–H and O–H groups in total. The summed E-state index contributed by atoms with van der Waals surface area (Å²) in [5.41, 5.74) is 1.47. The standard InChI is InChI=1S/C12H17BrO/c1-3-12(9-13,10-14-2)11-7-5-4-6-8-11/h4-8H,3,9-10H2,1-2H3. The van der Waals surface area contributed by atoms with Crippen LogP contribution in [0, 0.1) is 0 Å². The Morgan fingerprint density at radius 3 is 2.36 bits per heavy atom. The maximum Gasteiger partial charge on any atom is 0.0567 e. The molecule has 0 spiro atoms. The monoisotopic (exact) mass is 256 g/mol. The van der Waals surface area contributed by atoms with Crippen LogP contribution in [0.1, 0.15) is 18.9 Å². The number of hydrogen-bond donors (Lipinski definition) is 0. The first-order valence-corrected chi connectivity index (χ1v) is 6.01. The summed E-state index contributed by atoms with van der Waals surface area (Å²) in [5.74, 6) is 0. The molecule has 0 aliphatic heterocycles. The summed E-state index contributed by atoms with van der Waals surface area (Å²) >= 11 is 3.59. The van der Waals surface area contributed by atoms with Crippen molar-refractivity contribution in [2.45, 2.75) is 18.8 Å². The summed E-state index contributed by atoms with van der Waals surface area (Å²) in [4.78, 5) is 0. The van der Waals surface area contributed by atoms with Gasteiger partial charge in [0.05, 0.1) is 6.61 Å². The lowest BCUT2D eigenvalue weighted by atomic mass is 9.81. The van der Waals surface area contributed by atoms with E-state index in [0.717, 1.165) is 18.4 Å². The first-order valence-electron chi connectivity index (χ1n) is 4.89. The van der Waals surface area contributed by atoms with E-state index in [0.29, 0.717) is 0 Å². The first-order chi connectivity index (χ1) is 6.79. The molecule has 1 unspecified atom stereocenters. The van der Waals surface area contributed by atoms with Gasteiger partial charge in [0.2, 0.25) is 0 Å². The predicted molar refractivity (Wildman–Crippen MR) is 64.1 cm³/mol. The van der Waals surface area contributed by atoms with E-state index in [-0.39, 0.29) is 5.41 Å². The highest BCUT2D eigenvalue weighted by Crippen LogP contribution is 2.30. The van der Waals surface area contributed by atoms with Crippen molar-refractivity contribution >= 4 is 15.9 Å². The maximum absolute atomic E-state index is 5.31. The highest BCUT2D eigenvalue weighted by Gasteiger charge is 2.28. The SMILES string of the molecule is CCC(CBr)(COC)c1ccccc1. The van der Waals surface area contributed by atoms with Crippen molar-refractivity contribution in [2.75, 3.05) is 19.0 Å². The second-order valence-corrected chi connectivity index (χ2v) is 4.13. The molecule has 0 bridgehead atoms. The van der Waals surface area contributed by atoms with Crippen LogP contribution in [0.2, 0.25) is 0 Å². The van der Waals surface area contributed by atoms with E-state index in [9.17, 15) is 0 Å². The Balaban J connectivity index is 2.98. The summed E-state index contributed by atoms with van der Waals surface area (Å²) < 4.78 is 5.31. The molecule has 0 heterocycles. The molecular formula is C12H17BrO. The molecule has 1 nitrogen and oxygen atoms in total. The van der Waals surface area contributed by atoms with E-state index in [1.54, 1.807) is 7.11 Å². The number of alkyl halides is 1. The van der Waals surface area contributed by atoms with Gasteiger partial charge in [-0.15, -0.1) is 0 Å². The van der Waals surface area contributed by atoms with Gasteiger partial charge in [0, 0.05) is 17.9 Å². The van der Waals surface area contributed by atoms with Crippen molar-refractivity contribution in [1.82, 2.24) is 0 Å². The van der Waals surface area contributed by atoms with Crippen molar-refractivity contribution in [2.24, 2.45) is 0 Å². The molecular weight excluding hydrogens is 240 g/mol. The highest BCUT2D eigenvalue weighted by atomic mass is 79.9. The molecule has 0 aliphatic carbocycles. The summed E-state index contributed by atoms with van der Waals surface area (Å²) in [6, 6.07) is 10.6. The van der Waals surface area contributed by atoms with Crippen LogP contribution >= 0.6 is 15.9 Å². The summed E-state index contributed by atoms with van der Waals surface area (Å²) in [5, 5.41) is 0.939. The van der Waals surface area contributed by atoms with Crippen LogP contribution in [-0.2, 0) is 10.2 Å². The van der Waals surface area contributed by atoms with Gasteiger partial charge in [0.15, 0.2) is 0 Å². The van der Waals surface area contributed by atoms with E-state index >= 15 is 0 Å². The fraction of sp³-hybridized carbons (Fsp3) is 0.500. The van der Waals surface area contributed by atoms with Gasteiger partial charge < -0.3 is 4.74 Å². The third kappa shape index (κ3) is 2.37. The number of hydrogen-bond acceptors (Lipinski definition) is 1. The van der Waals surface area contributed by atoms with Crippen molar-refractivity contribution in [3.05, 3.63) is 35.9 Å². The number of rotatable bonds is 5. The van der Waals surface area contributed by atoms with Gasteiger partial charge in [-0.3, -0.25) is 0 Å². The van der Waals surface area contributed by atoms with Crippen LogP contribution in [0.25, 0.3) is 0 Å². The molecule has 0 amide bonds. The van der Waals surface area contributed by atoms with Crippen molar-refractivity contribution < 1.29 is 4.74 Å². The molecule has 1 aromatic rings. The Labute approximate surface area is 94.6 Å². The third-order valence-electron chi connectivity index (χ3n) is 2.74. The van der Waals surface area contributed by atoms with Crippen molar-refractivity contribution in [3.63, 3.8) is 0 Å². The topological polar surface area (TPSA) is 9.23 Å². The van der Waals surface area contributed by atoms with Crippen molar-refractivity contribution in [3.8, 4) is 0 Å². The summed E-state index contributed by atoms with van der Waals surface area (Å²) in [6.45, 7) is 2.96. The fourth-order valence-corrected chi connectivity index (χ4v) is 2.55. The number of ether oxygens (including phenoxy) is 1. The molecule has 1 aromatic carbocycles. The largest absolute Gasteiger partial charge is 0.384 e. The molecule has 0 saturated heterocycles. The molecule has 0 fully saturated rings. The molecule has 0 radical (unpaired) electrons. The molecule has 0 aromatic heterocycles. The molecule has 2 heteroatoms. The zero-order valence-corrected chi connectivity index (χ0v) is 10.4. The Morgan fingerprint density at radius 1 is 1.29 bits per heavy atom. The van der Waals surface area contributed by atoms with Gasteiger partial charge in [0.25, 0.3) is 0 Å². The molecule has 0 aliphatic rings. The minimum Gasteiger partial charge on any atom is -0.384 e. The number of halogens is 1. The Kier molecular flexibility index (Phi) is 4.63. The zero-order chi connectivity index (χ0) is 10.4. The lowest BCUT2D eigenvalue weighted by molar-refractivity contribution is 0.138. The number of benzene rings is 1. The van der Waals surface area contributed by atoms with Crippen LogP contribution in [-0.4, -0.2) is 19.0 Å². The second-order valence-electron chi connectivity index (χ2n) is 3.57. The van der Waals surface area contributed by atoms with Crippen LogP contribution in [0.4, 0.5) is 0 Å². The van der Waals surface area contributed by atoms with Crippen LogP contribution in [0.5, 0.6) is 0 Å². The van der Waals surface area contributed by atoms with Gasteiger partial charge in [-0.1, -0.05) is 53.2 Å². The van der Waals surface area contributed by atoms with E-state index in [1.165, 1.54) is 5.56 Å². The molecule has 14 heavy (non-hydrogen) atoms. The third-order valence-corrected chi connectivity index (χ3v) is 3.81. The normalized spacial score (nSPS) is 15.1. The molecule has 78 valence electrons. The van der Waals surface area contributed by atoms with Gasteiger partial charge in [-0.25, -0.2) is 0 Å². The van der Waals surface area contributed by atoms with Gasteiger partial charge in [-0.2, -0.15) is 0 Å². The second kappa shape index (κ2) is 5.52. The lowest BCUT2D eigenvalue weighted by Gasteiger charge is -2.30. The van der Waals surface area contributed by atoms with E-state index in [1.807, 2.05) is 6.07 Å². The number of methoxy groups -OCH3 is 1. The smallest absolute Gasteiger partial charge is 0.0567 e. The van der Waals surface area contributed by atoms with Gasteiger partial charge in [-0.05, 0) is 12.0 Å². The summed E-state index contributed by atoms with van der Waals surface area (Å²) in [7, 11) is 1.76. The fourth-order valence-electron chi connectivity index (χ4n) is 1.67. The van der Waals surface area contributed by atoms with E-state index in [2.05, 4.69) is 47.1 Å². The van der Waals surface area contributed by atoms with Crippen LogP contribution < -0.4 is 0 Å². The zero-order valence-electron chi connectivity index (χ0n) is 8.79. The van der Waals surface area contributed by atoms with E-state index < -0.39 is 0 Å². The predicted octanol–water partition coefficient (Wildman–Crippen LogP) is 3.38. The Morgan fingerprint density at radius 2 is 1.93 bits per heavy atom. The Hall–Kier alpha value is -0.340. The average Bonchev–Trinajstić information content (AvgIpc) is 2.27.